The zero-order chi connectivity index (χ0) is 10.1. The SMILES string of the molecule is O=c1c[n+](-c2ccc(F)c(Cl)c2)[nH]o1. The zero-order valence-electron chi connectivity index (χ0n) is 6.83. The van der Waals surface area contributed by atoms with E-state index in [9.17, 15) is 9.18 Å². The monoisotopic (exact) mass is 215 g/mol. The Balaban J connectivity index is 2.52. The number of aromatic amines is 1. The molecule has 0 radical (unpaired) electrons. The number of halogens is 2. The van der Waals surface area contributed by atoms with Gasteiger partial charge in [-0.15, -0.1) is 0 Å². The maximum Gasteiger partial charge on any atom is 0.427 e. The Morgan fingerprint density at radius 1 is 1.50 bits per heavy atom. The van der Waals surface area contributed by atoms with Crippen LogP contribution in [0.25, 0.3) is 5.69 Å². The molecule has 4 nitrogen and oxygen atoms in total. The average Bonchev–Trinajstić information content (AvgIpc) is 2.57. The van der Waals surface area contributed by atoms with Crippen molar-refractivity contribution in [1.29, 1.82) is 0 Å². The summed E-state index contributed by atoms with van der Waals surface area (Å²) in [6, 6.07) is 4.05. The first-order chi connectivity index (χ1) is 6.66. The van der Waals surface area contributed by atoms with E-state index in [0.29, 0.717) is 5.69 Å². The van der Waals surface area contributed by atoms with Gasteiger partial charge in [-0.3, -0.25) is 4.52 Å². The number of nitrogens with zero attached hydrogens (tertiary/aromatic N) is 1. The van der Waals surface area contributed by atoms with Crippen LogP contribution in [0.3, 0.4) is 0 Å². The molecule has 0 fully saturated rings. The van der Waals surface area contributed by atoms with Crippen LogP contribution in [0, 0.1) is 5.82 Å². The number of hydrogen-bond acceptors (Lipinski definition) is 2. The maximum atomic E-state index is 12.8. The van der Waals surface area contributed by atoms with Gasteiger partial charge in [0.1, 0.15) is 5.82 Å². The second-order valence-corrected chi connectivity index (χ2v) is 3.02. The van der Waals surface area contributed by atoms with Crippen LogP contribution in [-0.2, 0) is 0 Å². The third-order valence-electron chi connectivity index (χ3n) is 1.66. The lowest BCUT2D eigenvalue weighted by Gasteiger charge is -1.92. The lowest BCUT2D eigenvalue weighted by atomic mass is 10.3. The second kappa shape index (κ2) is 3.26. The van der Waals surface area contributed by atoms with Crippen molar-refractivity contribution in [1.82, 2.24) is 5.27 Å². The molecular formula is C8H5ClFN2O2+. The molecule has 0 unspecified atom stereocenters. The fraction of sp³-hybridized carbons (Fsp3) is 0. The molecule has 0 spiro atoms. The van der Waals surface area contributed by atoms with E-state index in [0.717, 1.165) is 0 Å². The summed E-state index contributed by atoms with van der Waals surface area (Å²) < 4.78 is 18.5. The third kappa shape index (κ3) is 1.54. The van der Waals surface area contributed by atoms with Gasteiger partial charge in [-0.25, -0.2) is 9.18 Å². The number of nitrogens with one attached hydrogen (secondary N) is 1. The van der Waals surface area contributed by atoms with E-state index < -0.39 is 11.4 Å². The molecule has 0 aliphatic carbocycles. The largest absolute Gasteiger partial charge is 0.427 e. The molecule has 0 aliphatic rings. The number of aromatic nitrogens is 2. The molecule has 72 valence electrons. The molecule has 2 rings (SSSR count). The summed E-state index contributed by atoms with van der Waals surface area (Å²) in [5, 5.41) is 2.30. The molecule has 2 aromatic rings. The highest BCUT2D eigenvalue weighted by Gasteiger charge is 2.12. The van der Waals surface area contributed by atoms with E-state index in [1.54, 1.807) is 0 Å². The van der Waals surface area contributed by atoms with Gasteiger partial charge >= 0.3 is 5.63 Å². The first kappa shape index (κ1) is 8.96. The van der Waals surface area contributed by atoms with Crippen LogP contribution in [0.15, 0.2) is 33.7 Å². The van der Waals surface area contributed by atoms with E-state index in [1.807, 2.05) is 0 Å². The lowest BCUT2D eigenvalue weighted by Crippen LogP contribution is -2.32. The number of hydrogen-bond donors (Lipinski definition) is 1. The summed E-state index contributed by atoms with van der Waals surface area (Å²) in [5.74, 6) is -0.512. The van der Waals surface area contributed by atoms with Gasteiger partial charge < -0.3 is 0 Å². The first-order valence-corrected chi connectivity index (χ1v) is 4.10. The van der Waals surface area contributed by atoms with Crippen LogP contribution in [0.2, 0.25) is 5.02 Å². The Morgan fingerprint density at radius 2 is 2.29 bits per heavy atom. The van der Waals surface area contributed by atoms with Crippen LogP contribution in [0.1, 0.15) is 0 Å². The molecule has 0 aliphatic heterocycles. The van der Waals surface area contributed by atoms with Crippen LogP contribution >= 0.6 is 11.6 Å². The molecule has 1 aromatic heterocycles. The Bertz CT molecular complexity index is 520. The summed E-state index contributed by atoms with van der Waals surface area (Å²) in [5.41, 5.74) is -0.00676. The maximum absolute atomic E-state index is 12.8. The van der Waals surface area contributed by atoms with E-state index in [1.165, 1.54) is 29.1 Å². The van der Waals surface area contributed by atoms with Crippen molar-refractivity contribution < 1.29 is 13.6 Å². The molecule has 6 heteroatoms. The van der Waals surface area contributed by atoms with E-state index >= 15 is 0 Å². The number of benzene rings is 1. The molecule has 0 amide bonds. The molecule has 14 heavy (non-hydrogen) atoms. The molecule has 1 heterocycles. The highest BCUT2D eigenvalue weighted by molar-refractivity contribution is 6.30. The summed E-state index contributed by atoms with van der Waals surface area (Å²) in [6.07, 6.45) is 1.18. The topological polar surface area (TPSA) is 49.9 Å². The Hall–Kier alpha value is -1.62. The van der Waals surface area contributed by atoms with Gasteiger partial charge in [0, 0.05) is 12.1 Å². The van der Waals surface area contributed by atoms with Gasteiger partial charge in [-0.2, -0.15) is 0 Å². The lowest BCUT2D eigenvalue weighted by molar-refractivity contribution is -0.670. The zero-order valence-corrected chi connectivity index (χ0v) is 7.58. The third-order valence-corrected chi connectivity index (χ3v) is 1.95. The molecule has 1 N–H and O–H groups in total. The highest BCUT2D eigenvalue weighted by atomic mass is 35.5. The fourth-order valence-corrected chi connectivity index (χ4v) is 1.19. The van der Waals surface area contributed by atoms with E-state index in [4.69, 9.17) is 11.6 Å². The van der Waals surface area contributed by atoms with Crippen molar-refractivity contribution in [2.75, 3.05) is 0 Å². The quantitative estimate of drug-likeness (QED) is 0.723. The van der Waals surface area contributed by atoms with Crippen molar-refractivity contribution >= 4 is 11.6 Å². The Labute approximate surface area is 82.5 Å². The summed E-state index contributed by atoms with van der Waals surface area (Å²) in [7, 11) is 0. The average molecular weight is 216 g/mol. The van der Waals surface area contributed by atoms with Gasteiger partial charge in [-0.05, 0) is 16.0 Å². The van der Waals surface area contributed by atoms with Crippen molar-refractivity contribution in [2.24, 2.45) is 0 Å². The molecule has 0 bridgehead atoms. The minimum atomic E-state index is -0.523. The van der Waals surface area contributed by atoms with Gasteiger partial charge in [0.05, 0.1) is 5.02 Å². The Kier molecular flexibility index (Phi) is 2.09. The van der Waals surface area contributed by atoms with Crippen molar-refractivity contribution in [3.8, 4) is 5.69 Å². The Morgan fingerprint density at radius 3 is 2.86 bits per heavy atom. The van der Waals surface area contributed by atoms with Gasteiger partial charge in [-0.1, -0.05) is 11.6 Å². The predicted octanol–water partition coefficient (Wildman–Crippen LogP) is 1.04. The van der Waals surface area contributed by atoms with E-state index in [-0.39, 0.29) is 5.02 Å². The number of H-pyrrole nitrogens is 1. The van der Waals surface area contributed by atoms with E-state index in [2.05, 4.69) is 9.79 Å². The first-order valence-electron chi connectivity index (χ1n) is 3.72. The molecule has 0 saturated heterocycles. The van der Waals surface area contributed by atoms with Crippen LogP contribution in [-0.4, -0.2) is 5.27 Å². The van der Waals surface area contributed by atoms with Crippen LogP contribution < -0.4 is 10.3 Å². The smallest absolute Gasteiger partial charge is 0.283 e. The molecule has 1 aromatic carbocycles. The predicted molar refractivity (Wildman–Crippen MR) is 45.8 cm³/mol. The molecule has 0 saturated carbocycles. The highest BCUT2D eigenvalue weighted by Crippen LogP contribution is 2.15. The van der Waals surface area contributed by atoms with Crippen LogP contribution in [0.4, 0.5) is 4.39 Å². The van der Waals surface area contributed by atoms with Gasteiger partial charge in [0.2, 0.25) is 5.69 Å². The van der Waals surface area contributed by atoms with Crippen molar-refractivity contribution in [2.45, 2.75) is 0 Å². The fourth-order valence-electron chi connectivity index (χ4n) is 1.01. The summed E-state index contributed by atoms with van der Waals surface area (Å²) in [4.78, 5) is 10.7. The summed E-state index contributed by atoms with van der Waals surface area (Å²) in [6.45, 7) is 0. The summed E-state index contributed by atoms with van der Waals surface area (Å²) >= 11 is 5.56. The minimum Gasteiger partial charge on any atom is -0.283 e. The van der Waals surface area contributed by atoms with Gasteiger partial charge in [0.15, 0.2) is 0 Å². The van der Waals surface area contributed by atoms with Gasteiger partial charge in [0.25, 0.3) is 6.20 Å². The molecular weight excluding hydrogens is 211 g/mol. The van der Waals surface area contributed by atoms with Crippen molar-refractivity contribution in [3.05, 3.63) is 45.7 Å². The standard InChI is InChI=1S/C8H4ClFN2O2/c9-6-3-5(1-2-7(6)10)12-4-8(13)14-11-12/h1-4H/p+1. The number of rotatable bonds is 1. The molecule has 0 atom stereocenters. The minimum absolute atomic E-state index is 0.0166. The second-order valence-electron chi connectivity index (χ2n) is 2.61. The van der Waals surface area contributed by atoms with Crippen LogP contribution in [0.5, 0.6) is 0 Å². The van der Waals surface area contributed by atoms with Crippen molar-refractivity contribution in [3.63, 3.8) is 0 Å². The normalized spacial score (nSPS) is 10.4.